The van der Waals surface area contributed by atoms with Crippen LogP contribution in [0.2, 0.25) is 0 Å². The minimum absolute atomic E-state index is 0.0530. The van der Waals surface area contributed by atoms with Crippen LogP contribution in [0, 0.1) is 5.82 Å². The smallest absolute Gasteiger partial charge is 0.245 e. The summed E-state index contributed by atoms with van der Waals surface area (Å²) in [5.74, 6) is -0.687. The highest BCUT2D eigenvalue weighted by atomic mass is 32.2. The molecular formula is C15H23FN2O2S. The van der Waals surface area contributed by atoms with E-state index in [-0.39, 0.29) is 10.9 Å². The fourth-order valence-corrected chi connectivity index (χ4v) is 4.31. The molecule has 1 aromatic carbocycles. The van der Waals surface area contributed by atoms with Gasteiger partial charge in [-0.3, -0.25) is 0 Å². The maximum absolute atomic E-state index is 13.8. The van der Waals surface area contributed by atoms with E-state index in [1.165, 1.54) is 22.5 Å². The van der Waals surface area contributed by atoms with Gasteiger partial charge < -0.3 is 4.90 Å². The van der Waals surface area contributed by atoms with Gasteiger partial charge in [0.25, 0.3) is 0 Å². The molecule has 0 aliphatic carbocycles. The van der Waals surface area contributed by atoms with Crippen molar-refractivity contribution in [3.05, 3.63) is 30.1 Å². The van der Waals surface area contributed by atoms with Crippen molar-refractivity contribution < 1.29 is 12.8 Å². The predicted molar refractivity (Wildman–Crippen MR) is 81.1 cm³/mol. The lowest BCUT2D eigenvalue weighted by molar-refractivity contribution is 0.170. The Morgan fingerprint density at radius 3 is 2.48 bits per heavy atom. The molecule has 0 atom stereocenters. The number of hydrogen-bond acceptors (Lipinski definition) is 3. The number of halogens is 1. The zero-order chi connectivity index (χ0) is 15.5. The summed E-state index contributed by atoms with van der Waals surface area (Å²) in [6.45, 7) is 4.99. The van der Waals surface area contributed by atoms with Crippen LogP contribution in [0.5, 0.6) is 0 Å². The number of nitrogens with zero attached hydrogens (tertiary/aromatic N) is 2. The summed E-state index contributed by atoms with van der Waals surface area (Å²) in [5, 5.41) is 0. The lowest BCUT2D eigenvalue weighted by Crippen LogP contribution is -2.45. The van der Waals surface area contributed by atoms with Gasteiger partial charge in [0.15, 0.2) is 0 Å². The summed E-state index contributed by atoms with van der Waals surface area (Å²) < 4.78 is 40.2. The second kappa shape index (κ2) is 6.85. The Morgan fingerprint density at radius 2 is 1.90 bits per heavy atom. The van der Waals surface area contributed by atoms with Gasteiger partial charge in [0.05, 0.1) is 0 Å². The van der Waals surface area contributed by atoms with E-state index >= 15 is 0 Å². The van der Waals surface area contributed by atoms with Gasteiger partial charge in [-0.2, -0.15) is 4.31 Å². The van der Waals surface area contributed by atoms with E-state index in [1.54, 1.807) is 13.1 Å². The van der Waals surface area contributed by atoms with Crippen LogP contribution < -0.4 is 0 Å². The van der Waals surface area contributed by atoms with Gasteiger partial charge in [0.2, 0.25) is 10.0 Å². The molecule has 4 nitrogen and oxygen atoms in total. The van der Waals surface area contributed by atoms with Crippen molar-refractivity contribution in [3.8, 4) is 0 Å². The van der Waals surface area contributed by atoms with E-state index in [0.717, 1.165) is 38.9 Å². The molecule has 0 amide bonds. The summed E-state index contributed by atoms with van der Waals surface area (Å²) in [6.07, 6.45) is 2.70. The van der Waals surface area contributed by atoms with Crippen LogP contribution in [0.4, 0.5) is 4.39 Å². The van der Waals surface area contributed by atoms with E-state index in [2.05, 4.69) is 11.8 Å². The van der Waals surface area contributed by atoms with Gasteiger partial charge in [-0.1, -0.05) is 19.1 Å². The van der Waals surface area contributed by atoms with Gasteiger partial charge in [-0.15, -0.1) is 0 Å². The zero-order valence-electron chi connectivity index (χ0n) is 12.6. The monoisotopic (exact) mass is 314 g/mol. The molecule has 118 valence electrons. The standard InChI is InChI=1S/C15H23FN2O2S/c1-3-10-18-11-8-13(9-12-18)17(2)21(19,20)15-7-5-4-6-14(15)16/h4-7,13H,3,8-12H2,1-2H3. The van der Waals surface area contributed by atoms with E-state index in [9.17, 15) is 12.8 Å². The van der Waals surface area contributed by atoms with Gasteiger partial charge in [0.1, 0.15) is 10.7 Å². The third-order valence-electron chi connectivity index (χ3n) is 4.10. The predicted octanol–water partition coefficient (Wildman–Crippen LogP) is 2.32. The van der Waals surface area contributed by atoms with Gasteiger partial charge in [-0.05, 0) is 51.0 Å². The first-order chi connectivity index (χ1) is 9.96. The molecule has 2 rings (SSSR count). The summed E-state index contributed by atoms with van der Waals surface area (Å²) in [6, 6.07) is 5.51. The van der Waals surface area contributed by atoms with E-state index in [1.807, 2.05) is 0 Å². The van der Waals surface area contributed by atoms with Gasteiger partial charge >= 0.3 is 0 Å². The number of rotatable bonds is 5. The molecule has 1 aliphatic rings. The molecule has 6 heteroatoms. The van der Waals surface area contributed by atoms with Crippen molar-refractivity contribution in [1.29, 1.82) is 0 Å². The topological polar surface area (TPSA) is 40.6 Å². The van der Waals surface area contributed by atoms with E-state index in [0.29, 0.717) is 0 Å². The SMILES string of the molecule is CCCN1CCC(N(C)S(=O)(=O)c2ccccc2F)CC1. The molecule has 21 heavy (non-hydrogen) atoms. The Kier molecular flexibility index (Phi) is 5.35. The van der Waals surface area contributed by atoms with Crippen LogP contribution >= 0.6 is 0 Å². The largest absolute Gasteiger partial charge is 0.303 e. The highest BCUT2D eigenvalue weighted by Gasteiger charge is 2.32. The van der Waals surface area contributed by atoms with E-state index < -0.39 is 15.8 Å². The molecule has 1 saturated heterocycles. The molecule has 0 unspecified atom stereocenters. The molecule has 1 aliphatic heterocycles. The van der Waals surface area contributed by atoms with Crippen LogP contribution in [0.15, 0.2) is 29.2 Å². The van der Waals surface area contributed by atoms with Crippen molar-refractivity contribution >= 4 is 10.0 Å². The molecular weight excluding hydrogens is 291 g/mol. The second-order valence-corrected chi connectivity index (χ2v) is 7.49. The van der Waals surface area contributed by atoms with Crippen LogP contribution in [-0.4, -0.2) is 50.3 Å². The first-order valence-corrected chi connectivity index (χ1v) is 8.85. The maximum atomic E-state index is 13.8. The highest BCUT2D eigenvalue weighted by Crippen LogP contribution is 2.24. The van der Waals surface area contributed by atoms with Gasteiger partial charge in [-0.25, -0.2) is 12.8 Å². The maximum Gasteiger partial charge on any atom is 0.245 e. The average Bonchev–Trinajstić information content (AvgIpc) is 2.48. The molecule has 0 radical (unpaired) electrons. The lowest BCUT2D eigenvalue weighted by atomic mass is 10.1. The van der Waals surface area contributed by atoms with Crippen LogP contribution in [0.25, 0.3) is 0 Å². The van der Waals surface area contributed by atoms with Gasteiger partial charge in [0, 0.05) is 13.1 Å². The van der Waals surface area contributed by atoms with Crippen molar-refractivity contribution in [2.75, 3.05) is 26.7 Å². The quantitative estimate of drug-likeness (QED) is 0.837. The number of piperidine rings is 1. The number of likely N-dealkylation sites (tertiary alicyclic amines) is 1. The number of hydrogen-bond donors (Lipinski definition) is 0. The van der Waals surface area contributed by atoms with E-state index in [4.69, 9.17) is 0 Å². The third-order valence-corrected chi connectivity index (χ3v) is 6.05. The molecule has 1 aromatic rings. The Morgan fingerprint density at radius 1 is 1.29 bits per heavy atom. The fourth-order valence-electron chi connectivity index (χ4n) is 2.83. The Labute approximate surface area is 126 Å². The van der Waals surface area contributed by atoms with Crippen molar-refractivity contribution in [1.82, 2.24) is 9.21 Å². The zero-order valence-corrected chi connectivity index (χ0v) is 13.4. The number of sulfonamides is 1. The molecule has 0 N–H and O–H groups in total. The first-order valence-electron chi connectivity index (χ1n) is 7.41. The van der Waals surface area contributed by atoms with Crippen molar-refractivity contribution in [2.24, 2.45) is 0 Å². The summed E-state index contributed by atoms with van der Waals surface area (Å²) in [7, 11) is -2.20. The summed E-state index contributed by atoms with van der Waals surface area (Å²) in [4.78, 5) is 2.11. The van der Waals surface area contributed by atoms with Crippen LogP contribution in [0.3, 0.4) is 0 Å². The Balaban J connectivity index is 2.10. The molecule has 0 saturated carbocycles. The Hall–Kier alpha value is -0.980. The Bertz CT molecular complexity index is 569. The van der Waals surface area contributed by atoms with Crippen LogP contribution in [0.1, 0.15) is 26.2 Å². The average molecular weight is 314 g/mol. The highest BCUT2D eigenvalue weighted by molar-refractivity contribution is 7.89. The summed E-state index contributed by atoms with van der Waals surface area (Å²) >= 11 is 0. The second-order valence-electron chi connectivity index (χ2n) is 5.52. The minimum atomic E-state index is -3.76. The van der Waals surface area contributed by atoms with Crippen molar-refractivity contribution in [2.45, 2.75) is 37.1 Å². The molecule has 0 bridgehead atoms. The van der Waals surface area contributed by atoms with Crippen molar-refractivity contribution in [3.63, 3.8) is 0 Å². The minimum Gasteiger partial charge on any atom is -0.303 e. The number of benzene rings is 1. The first kappa shape index (κ1) is 16.4. The summed E-state index contributed by atoms with van der Waals surface area (Å²) in [5.41, 5.74) is 0. The fraction of sp³-hybridized carbons (Fsp3) is 0.600. The molecule has 0 spiro atoms. The molecule has 1 fully saturated rings. The lowest BCUT2D eigenvalue weighted by Gasteiger charge is -2.36. The third kappa shape index (κ3) is 3.62. The van der Waals surface area contributed by atoms with Crippen LogP contribution in [-0.2, 0) is 10.0 Å². The molecule has 0 aromatic heterocycles. The molecule has 1 heterocycles. The normalized spacial score (nSPS) is 18.3.